The summed E-state index contributed by atoms with van der Waals surface area (Å²) in [6, 6.07) is 2.10. The number of hydrogen-bond acceptors (Lipinski definition) is 5. The van der Waals surface area contributed by atoms with E-state index in [2.05, 4.69) is 33.8 Å². The molecule has 102 valence electrons. The Bertz CT molecular complexity index is 558. The maximum absolute atomic E-state index is 12.1. The van der Waals surface area contributed by atoms with E-state index < -0.39 is 0 Å². The van der Waals surface area contributed by atoms with Gasteiger partial charge in [0.05, 0.1) is 17.9 Å². The molecule has 0 bridgehead atoms. The quantitative estimate of drug-likeness (QED) is 0.913. The molecule has 0 fully saturated rings. The van der Waals surface area contributed by atoms with E-state index in [0.717, 1.165) is 24.4 Å². The van der Waals surface area contributed by atoms with Crippen LogP contribution in [0.5, 0.6) is 0 Å². The summed E-state index contributed by atoms with van der Waals surface area (Å²) in [5.41, 5.74) is 0.649. The number of aromatic nitrogens is 4. The first-order chi connectivity index (χ1) is 9.17. The largest absolute Gasteiger partial charge is 0.306 e. The molecule has 2 aromatic rings. The third-order valence-corrected chi connectivity index (χ3v) is 3.88. The van der Waals surface area contributed by atoms with Crippen LogP contribution in [0, 0.1) is 6.92 Å². The van der Waals surface area contributed by atoms with E-state index in [9.17, 15) is 4.79 Å². The molecule has 0 atom stereocenters. The number of carbonyl (C=O) groups excluding carboxylic acids is 1. The lowest BCUT2D eigenvalue weighted by Gasteiger charge is -2.16. The second kappa shape index (κ2) is 5.92. The van der Waals surface area contributed by atoms with E-state index in [1.165, 1.54) is 0 Å². The van der Waals surface area contributed by atoms with Gasteiger partial charge in [-0.25, -0.2) is 4.68 Å². The second-order valence-electron chi connectivity index (χ2n) is 4.27. The van der Waals surface area contributed by atoms with Gasteiger partial charge in [-0.1, -0.05) is 18.3 Å². The Hall–Kier alpha value is -1.76. The molecule has 0 aromatic carbocycles. The lowest BCUT2D eigenvalue weighted by molar-refractivity contribution is 0.102. The maximum atomic E-state index is 12.1. The normalized spacial score (nSPS) is 10.9. The molecule has 0 saturated carbocycles. The molecular weight excluding hydrogens is 262 g/mol. The summed E-state index contributed by atoms with van der Waals surface area (Å²) in [5.74, 6) is 0.534. The number of anilines is 1. The highest BCUT2D eigenvalue weighted by Gasteiger charge is 2.17. The predicted octanol–water partition coefficient (Wildman–Crippen LogP) is 2.66. The molecule has 0 radical (unpaired) electrons. The van der Waals surface area contributed by atoms with Gasteiger partial charge in [-0.2, -0.15) is 5.10 Å². The SMILES string of the molecule is CCC(CC)n1nccc1NC(=O)c1snnc1C. The monoisotopic (exact) mass is 279 g/mol. The van der Waals surface area contributed by atoms with E-state index in [0.29, 0.717) is 22.4 Å². The number of aryl methyl sites for hydroxylation is 1. The minimum absolute atomic E-state index is 0.180. The van der Waals surface area contributed by atoms with E-state index in [1.807, 2.05) is 4.68 Å². The first-order valence-electron chi connectivity index (χ1n) is 6.31. The summed E-state index contributed by atoms with van der Waals surface area (Å²) in [7, 11) is 0. The van der Waals surface area contributed by atoms with Crippen LogP contribution in [0.4, 0.5) is 5.82 Å². The van der Waals surface area contributed by atoms with Crippen LogP contribution in [0.2, 0.25) is 0 Å². The maximum Gasteiger partial charge on any atom is 0.270 e. The Morgan fingerprint density at radius 2 is 2.21 bits per heavy atom. The van der Waals surface area contributed by atoms with Gasteiger partial charge in [0.1, 0.15) is 10.7 Å². The van der Waals surface area contributed by atoms with E-state index >= 15 is 0 Å². The summed E-state index contributed by atoms with van der Waals surface area (Å²) in [5, 5.41) is 11.0. The molecule has 2 rings (SSSR count). The molecule has 0 spiro atoms. The zero-order chi connectivity index (χ0) is 13.8. The van der Waals surface area contributed by atoms with Gasteiger partial charge in [0.25, 0.3) is 5.91 Å². The third-order valence-electron chi connectivity index (χ3n) is 3.06. The minimum atomic E-state index is -0.180. The molecule has 7 heteroatoms. The number of carbonyl (C=O) groups is 1. The van der Waals surface area contributed by atoms with Crippen molar-refractivity contribution < 1.29 is 4.79 Å². The van der Waals surface area contributed by atoms with Gasteiger partial charge >= 0.3 is 0 Å². The van der Waals surface area contributed by atoms with Crippen molar-refractivity contribution in [3.63, 3.8) is 0 Å². The van der Waals surface area contributed by atoms with Crippen LogP contribution in [-0.2, 0) is 0 Å². The topological polar surface area (TPSA) is 72.7 Å². The first kappa shape index (κ1) is 13.7. The molecular formula is C12H17N5OS. The highest BCUT2D eigenvalue weighted by molar-refractivity contribution is 7.08. The Labute approximate surface area is 116 Å². The fourth-order valence-electron chi connectivity index (χ4n) is 1.95. The van der Waals surface area contributed by atoms with Crippen molar-refractivity contribution in [1.29, 1.82) is 0 Å². The lowest BCUT2D eigenvalue weighted by Crippen LogP contribution is -2.18. The highest BCUT2D eigenvalue weighted by atomic mass is 32.1. The molecule has 0 aliphatic rings. The Morgan fingerprint density at radius 1 is 1.47 bits per heavy atom. The van der Waals surface area contributed by atoms with Crippen molar-refractivity contribution in [1.82, 2.24) is 19.4 Å². The zero-order valence-electron chi connectivity index (χ0n) is 11.3. The molecule has 0 aliphatic heterocycles. The van der Waals surface area contributed by atoms with Crippen molar-refractivity contribution in [3.05, 3.63) is 22.8 Å². The zero-order valence-corrected chi connectivity index (χ0v) is 12.1. The average molecular weight is 279 g/mol. The van der Waals surface area contributed by atoms with Gasteiger partial charge in [-0.15, -0.1) is 5.10 Å². The van der Waals surface area contributed by atoms with Gasteiger partial charge < -0.3 is 5.32 Å². The fraction of sp³-hybridized carbons (Fsp3) is 0.500. The summed E-state index contributed by atoms with van der Waals surface area (Å²) >= 11 is 1.10. The van der Waals surface area contributed by atoms with Crippen LogP contribution in [0.15, 0.2) is 12.3 Å². The van der Waals surface area contributed by atoms with Crippen molar-refractivity contribution in [2.24, 2.45) is 0 Å². The molecule has 19 heavy (non-hydrogen) atoms. The molecule has 0 aliphatic carbocycles. The number of amides is 1. The number of rotatable bonds is 5. The predicted molar refractivity (Wildman–Crippen MR) is 74.4 cm³/mol. The Morgan fingerprint density at radius 3 is 2.79 bits per heavy atom. The molecule has 2 aromatic heterocycles. The molecule has 0 unspecified atom stereocenters. The van der Waals surface area contributed by atoms with Crippen LogP contribution in [0.3, 0.4) is 0 Å². The minimum Gasteiger partial charge on any atom is -0.306 e. The van der Waals surface area contributed by atoms with Crippen molar-refractivity contribution in [2.75, 3.05) is 5.32 Å². The molecule has 6 nitrogen and oxygen atoms in total. The number of hydrogen-bond donors (Lipinski definition) is 1. The van der Waals surface area contributed by atoms with Gasteiger partial charge in [0.2, 0.25) is 0 Å². The summed E-state index contributed by atoms with van der Waals surface area (Å²) in [6.45, 7) is 5.99. The number of nitrogens with zero attached hydrogens (tertiary/aromatic N) is 4. The van der Waals surface area contributed by atoms with Crippen molar-refractivity contribution in [3.8, 4) is 0 Å². The van der Waals surface area contributed by atoms with Crippen molar-refractivity contribution in [2.45, 2.75) is 39.7 Å². The van der Waals surface area contributed by atoms with Crippen LogP contribution in [0.1, 0.15) is 48.1 Å². The lowest BCUT2D eigenvalue weighted by atomic mass is 10.2. The molecule has 1 N–H and O–H groups in total. The summed E-state index contributed by atoms with van der Waals surface area (Å²) in [4.78, 5) is 12.7. The van der Waals surface area contributed by atoms with Crippen molar-refractivity contribution >= 4 is 23.3 Å². The fourth-order valence-corrected chi connectivity index (χ4v) is 2.50. The van der Waals surface area contributed by atoms with E-state index in [-0.39, 0.29) is 5.91 Å². The average Bonchev–Trinajstić information content (AvgIpc) is 3.01. The third kappa shape index (κ3) is 2.81. The van der Waals surface area contributed by atoms with Gasteiger partial charge in [0, 0.05) is 6.07 Å². The van der Waals surface area contributed by atoms with Crippen LogP contribution >= 0.6 is 11.5 Å². The number of nitrogens with one attached hydrogen (secondary N) is 1. The van der Waals surface area contributed by atoms with Crippen LogP contribution in [0.25, 0.3) is 0 Å². The van der Waals surface area contributed by atoms with Gasteiger partial charge in [-0.3, -0.25) is 4.79 Å². The summed E-state index contributed by atoms with van der Waals surface area (Å²) in [6.07, 6.45) is 3.65. The Balaban J connectivity index is 2.18. The summed E-state index contributed by atoms with van der Waals surface area (Å²) < 4.78 is 5.63. The van der Waals surface area contributed by atoms with Crippen LogP contribution < -0.4 is 5.32 Å². The standard InChI is InChI=1S/C12H17N5OS/c1-4-9(5-2)17-10(6-7-13-17)14-12(18)11-8(3)15-16-19-11/h6-7,9H,4-5H2,1-3H3,(H,14,18). The second-order valence-corrected chi connectivity index (χ2v) is 5.03. The van der Waals surface area contributed by atoms with Gasteiger partial charge in [-0.05, 0) is 31.3 Å². The molecule has 2 heterocycles. The Kier molecular flexibility index (Phi) is 4.26. The smallest absolute Gasteiger partial charge is 0.270 e. The molecule has 1 amide bonds. The highest BCUT2D eigenvalue weighted by Crippen LogP contribution is 2.21. The van der Waals surface area contributed by atoms with E-state index in [4.69, 9.17) is 0 Å². The van der Waals surface area contributed by atoms with E-state index in [1.54, 1.807) is 19.2 Å². The first-order valence-corrected chi connectivity index (χ1v) is 7.08. The van der Waals surface area contributed by atoms with Crippen LogP contribution in [-0.4, -0.2) is 25.3 Å². The molecule has 0 saturated heterocycles. The van der Waals surface area contributed by atoms with Gasteiger partial charge in [0.15, 0.2) is 0 Å².